The van der Waals surface area contributed by atoms with E-state index in [1.54, 1.807) is 11.3 Å². The molecule has 5 heteroatoms. The van der Waals surface area contributed by atoms with E-state index in [2.05, 4.69) is 17.1 Å². The first kappa shape index (κ1) is 17.2. The van der Waals surface area contributed by atoms with Crippen molar-refractivity contribution in [1.82, 2.24) is 4.98 Å². The van der Waals surface area contributed by atoms with E-state index in [1.165, 1.54) is 0 Å². The summed E-state index contributed by atoms with van der Waals surface area (Å²) in [6, 6.07) is 16.2. The number of aliphatic carboxylic acids is 1. The highest BCUT2D eigenvalue weighted by Crippen LogP contribution is 2.31. The Balaban J connectivity index is 1.96. The predicted molar refractivity (Wildman–Crippen MR) is 105 cm³/mol. The zero-order valence-corrected chi connectivity index (χ0v) is 15.1. The summed E-state index contributed by atoms with van der Waals surface area (Å²) in [7, 11) is 4.01. The molecule has 0 fully saturated rings. The Kier molecular flexibility index (Phi) is 5.14. The number of allylic oxidation sites excluding steroid dienone is 1. The molecule has 0 aliphatic heterocycles. The van der Waals surface area contributed by atoms with Crippen LogP contribution in [0.1, 0.15) is 23.4 Å². The van der Waals surface area contributed by atoms with Crippen molar-refractivity contribution in [2.24, 2.45) is 0 Å². The van der Waals surface area contributed by atoms with Crippen molar-refractivity contribution in [3.8, 4) is 0 Å². The van der Waals surface area contributed by atoms with Gasteiger partial charge < -0.3 is 10.0 Å². The molecule has 0 radical (unpaired) electrons. The molecule has 4 nitrogen and oxygen atoms in total. The third kappa shape index (κ3) is 4.25. The molecule has 0 amide bonds. The number of hydrogen-bond donors (Lipinski definition) is 1. The van der Waals surface area contributed by atoms with Gasteiger partial charge in [-0.3, -0.25) is 4.79 Å². The van der Waals surface area contributed by atoms with Gasteiger partial charge in [-0.1, -0.05) is 24.3 Å². The van der Waals surface area contributed by atoms with E-state index in [0.717, 1.165) is 32.0 Å². The second kappa shape index (κ2) is 7.49. The quantitative estimate of drug-likeness (QED) is 0.694. The number of rotatable bonds is 6. The number of anilines is 1. The van der Waals surface area contributed by atoms with Crippen LogP contribution in [0.5, 0.6) is 0 Å². The summed E-state index contributed by atoms with van der Waals surface area (Å²) in [5.41, 5.74) is 4.09. The Bertz CT molecular complexity index is 878. The molecular weight excluding hydrogens is 332 g/mol. The minimum absolute atomic E-state index is 0.0948. The van der Waals surface area contributed by atoms with Gasteiger partial charge in [0, 0.05) is 26.2 Å². The number of fused-ring (bicyclic) bond motifs is 1. The Labute approximate surface area is 151 Å². The van der Waals surface area contributed by atoms with E-state index in [-0.39, 0.29) is 6.42 Å². The maximum absolute atomic E-state index is 11.0. The molecule has 0 saturated carbocycles. The monoisotopic (exact) mass is 352 g/mol. The predicted octanol–water partition coefficient (Wildman–Crippen LogP) is 4.77. The van der Waals surface area contributed by atoms with Gasteiger partial charge in [0.15, 0.2) is 0 Å². The maximum Gasteiger partial charge on any atom is 0.303 e. The molecule has 0 aliphatic rings. The van der Waals surface area contributed by atoms with E-state index in [0.29, 0.717) is 6.42 Å². The van der Waals surface area contributed by atoms with Gasteiger partial charge in [0.1, 0.15) is 5.01 Å². The SMILES string of the molecule is CN(C)c1ccc(C=C(CCC(=O)O)c2nc3ccccc3s2)cc1. The van der Waals surface area contributed by atoms with Crippen molar-refractivity contribution in [3.63, 3.8) is 0 Å². The van der Waals surface area contributed by atoms with Gasteiger partial charge in [0.25, 0.3) is 0 Å². The number of para-hydroxylation sites is 1. The van der Waals surface area contributed by atoms with Crippen molar-refractivity contribution in [2.45, 2.75) is 12.8 Å². The number of benzene rings is 2. The normalized spacial score (nSPS) is 11.7. The molecule has 0 bridgehead atoms. The first-order chi connectivity index (χ1) is 12.0. The Hall–Kier alpha value is -2.66. The molecule has 128 valence electrons. The molecule has 1 N–H and O–H groups in total. The van der Waals surface area contributed by atoms with Crippen LogP contribution in [-0.4, -0.2) is 30.2 Å². The first-order valence-corrected chi connectivity index (χ1v) is 8.90. The van der Waals surface area contributed by atoms with E-state index < -0.39 is 5.97 Å². The number of carboxylic acids is 1. The lowest BCUT2D eigenvalue weighted by atomic mass is 10.1. The molecule has 1 heterocycles. The number of aromatic nitrogens is 1. The van der Waals surface area contributed by atoms with Gasteiger partial charge in [-0.05, 0) is 47.9 Å². The van der Waals surface area contributed by atoms with Gasteiger partial charge in [0.2, 0.25) is 0 Å². The molecule has 0 unspecified atom stereocenters. The molecule has 0 saturated heterocycles. The standard InChI is InChI=1S/C20H20N2O2S/c1-22(2)16-10-7-14(8-11-16)13-15(9-12-19(23)24)20-21-17-5-3-4-6-18(17)25-20/h3-8,10-11,13H,9,12H2,1-2H3,(H,23,24). The zero-order chi connectivity index (χ0) is 17.8. The highest BCUT2D eigenvalue weighted by atomic mass is 32.1. The summed E-state index contributed by atoms with van der Waals surface area (Å²) in [6.07, 6.45) is 2.60. The van der Waals surface area contributed by atoms with Crippen LogP contribution in [-0.2, 0) is 4.79 Å². The van der Waals surface area contributed by atoms with Crippen molar-refractivity contribution < 1.29 is 9.90 Å². The van der Waals surface area contributed by atoms with Crippen LogP contribution in [0.2, 0.25) is 0 Å². The second-order valence-electron chi connectivity index (χ2n) is 6.04. The van der Waals surface area contributed by atoms with Crippen LogP contribution in [0.25, 0.3) is 21.9 Å². The number of thiazole rings is 1. The summed E-state index contributed by atoms with van der Waals surface area (Å²) < 4.78 is 1.11. The summed E-state index contributed by atoms with van der Waals surface area (Å²) in [6.45, 7) is 0. The molecule has 0 atom stereocenters. The Morgan fingerprint density at radius 3 is 2.48 bits per heavy atom. The highest BCUT2D eigenvalue weighted by molar-refractivity contribution is 7.19. The van der Waals surface area contributed by atoms with Gasteiger partial charge in [0.05, 0.1) is 10.2 Å². The lowest BCUT2D eigenvalue weighted by Crippen LogP contribution is -2.07. The van der Waals surface area contributed by atoms with Crippen LogP contribution in [0.4, 0.5) is 5.69 Å². The number of nitrogens with zero attached hydrogens (tertiary/aromatic N) is 2. The first-order valence-electron chi connectivity index (χ1n) is 8.08. The molecular formula is C20H20N2O2S. The summed E-state index contributed by atoms with van der Waals surface area (Å²) in [5, 5.41) is 9.95. The maximum atomic E-state index is 11.0. The fourth-order valence-electron chi connectivity index (χ4n) is 2.56. The van der Waals surface area contributed by atoms with E-state index in [4.69, 9.17) is 5.11 Å². The summed E-state index contributed by atoms with van der Waals surface area (Å²) >= 11 is 1.60. The van der Waals surface area contributed by atoms with Crippen LogP contribution in [0.15, 0.2) is 48.5 Å². The van der Waals surface area contributed by atoms with Gasteiger partial charge in [-0.2, -0.15) is 0 Å². The molecule has 3 rings (SSSR count). The van der Waals surface area contributed by atoms with Crippen molar-refractivity contribution in [1.29, 1.82) is 0 Å². The van der Waals surface area contributed by atoms with Crippen molar-refractivity contribution in [3.05, 3.63) is 59.1 Å². The molecule has 1 aromatic heterocycles. The van der Waals surface area contributed by atoms with Crippen LogP contribution in [0, 0.1) is 0 Å². The smallest absolute Gasteiger partial charge is 0.303 e. The third-order valence-corrected chi connectivity index (χ3v) is 5.04. The average molecular weight is 352 g/mol. The van der Waals surface area contributed by atoms with E-state index in [1.807, 2.05) is 61.5 Å². The average Bonchev–Trinajstić information content (AvgIpc) is 3.02. The van der Waals surface area contributed by atoms with Gasteiger partial charge >= 0.3 is 5.97 Å². The lowest BCUT2D eigenvalue weighted by molar-refractivity contribution is -0.136. The van der Waals surface area contributed by atoms with Crippen molar-refractivity contribution >= 4 is 44.9 Å². The number of hydrogen-bond acceptors (Lipinski definition) is 4. The van der Waals surface area contributed by atoms with E-state index >= 15 is 0 Å². The topological polar surface area (TPSA) is 53.4 Å². The fourth-order valence-corrected chi connectivity index (χ4v) is 3.57. The number of carbonyl (C=O) groups is 1. The van der Waals surface area contributed by atoms with Crippen molar-refractivity contribution in [2.75, 3.05) is 19.0 Å². The third-order valence-electron chi connectivity index (χ3n) is 3.93. The Morgan fingerprint density at radius 1 is 1.12 bits per heavy atom. The largest absolute Gasteiger partial charge is 0.481 e. The van der Waals surface area contributed by atoms with Gasteiger partial charge in [-0.25, -0.2) is 4.98 Å². The number of carboxylic acid groups (broad SMARTS) is 1. The molecule has 0 spiro atoms. The highest BCUT2D eigenvalue weighted by Gasteiger charge is 2.11. The molecule has 25 heavy (non-hydrogen) atoms. The molecule has 3 aromatic rings. The molecule has 2 aromatic carbocycles. The van der Waals surface area contributed by atoms with E-state index in [9.17, 15) is 4.79 Å². The van der Waals surface area contributed by atoms with Crippen LogP contribution < -0.4 is 4.90 Å². The fraction of sp³-hybridized carbons (Fsp3) is 0.200. The lowest BCUT2D eigenvalue weighted by Gasteiger charge is -2.12. The summed E-state index contributed by atoms with van der Waals surface area (Å²) in [4.78, 5) is 17.8. The zero-order valence-electron chi connectivity index (χ0n) is 14.3. The minimum Gasteiger partial charge on any atom is -0.481 e. The minimum atomic E-state index is -0.796. The Morgan fingerprint density at radius 2 is 1.84 bits per heavy atom. The van der Waals surface area contributed by atoms with Crippen LogP contribution >= 0.6 is 11.3 Å². The molecule has 0 aliphatic carbocycles. The second-order valence-corrected chi connectivity index (χ2v) is 7.07. The summed E-state index contributed by atoms with van der Waals surface area (Å²) in [5.74, 6) is -0.796. The van der Waals surface area contributed by atoms with Gasteiger partial charge in [-0.15, -0.1) is 11.3 Å². The van der Waals surface area contributed by atoms with Crippen LogP contribution in [0.3, 0.4) is 0 Å².